The number of halogens is 2. The molecule has 0 saturated carbocycles. The quantitative estimate of drug-likeness (QED) is 0.721. The summed E-state index contributed by atoms with van der Waals surface area (Å²) in [5.74, 6) is -0.369. The number of hydrogen-bond donors (Lipinski definition) is 3. The molecule has 2 aromatic carbocycles. The molecule has 0 saturated heterocycles. The molecular formula is C14H13BrFN3O. The first-order chi connectivity index (χ1) is 9.45. The highest BCUT2D eigenvalue weighted by Crippen LogP contribution is 2.24. The molecule has 6 heteroatoms. The normalized spacial score (nSPS) is 10.2. The Morgan fingerprint density at radius 1 is 1.20 bits per heavy atom. The lowest BCUT2D eigenvalue weighted by Crippen LogP contribution is -2.20. The van der Waals surface area contributed by atoms with Gasteiger partial charge in [-0.1, -0.05) is 0 Å². The molecule has 4 nitrogen and oxygen atoms in total. The van der Waals surface area contributed by atoms with Crippen molar-refractivity contribution in [3.63, 3.8) is 0 Å². The van der Waals surface area contributed by atoms with Crippen LogP contribution in [-0.4, -0.2) is 6.03 Å². The number of nitrogens with two attached hydrogens (primary N) is 1. The van der Waals surface area contributed by atoms with Gasteiger partial charge in [-0.05, 0) is 64.8 Å². The van der Waals surface area contributed by atoms with E-state index in [1.165, 1.54) is 12.1 Å². The summed E-state index contributed by atoms with van der Waals surface area (Å²) in [7, 11) is 0. The van der Waals surface area contributed by atoms with Gasteiger partial charge in [-0.2, -0.15) is 0 Å². The van der Waals surface area contributed by atoms with Crippen LogP contribution in [0.25, 0.3) is 0 Å². The number of nitrogen functional groups attached to an aromatic ring is 1. The zero-order valence-corrected chi connectivity index (χ0v) is 12.3. The van der Waals surface area contributed by atoms with Crippen LogP contribution in [0.4, 0.5) is 26.2 Å². The lowest BCUT2D eigenvalue weighted by atomic mass is 10.2. The Hall–Kier alpha value is -2.08. The van der Waals surface area contributed by atoms with Crippen LogP contribution in [0.15, 0.2) is 40.9 Å². The largest absolute Gasteiger partial charge is 0.399 e. The van der Waals surface area contributed by atoms with Crippen LogP contribution < -0.4 is 16.4 Å². The van der Waals surface area contributed by atoms with Crippen LogP contribution in [0.2, 0.25) is 0 Å². The van der Waals surface area contributed by atoms with E-state index in [0.717, 1.165) is 0 Å². The fourth-order valence-electron chi connectivity index (χ4n) is 1.63. The van der Waals surface area contributed by atoms with Gasteiger partial charge in [0.1, 0.15) is 5.82 Å². The highest BCUT2D eigenvalue weighted by Gasteiger charge is 2.08. The number of benzene rings is 2. The number of hydrogen-bond acceptors (Lipinski definition) is 2. The van der Waals surface area contributed by atoms with Gasteiger partial charge in [-0.3, -0.25) is 0 Å². The van der Waals surface area contributed by atoms with Crippen LogP contribution in [-0.2, 0) is 0 Å². The molecule has 0 spiro atoms. The molecule has 0 aliphatic carbocycles. The number of carbonyl (C=O) groups excluding carboxylic acids is 1. The molecule has 4 N–H and O–H groups in total. The van der Waals surface area contributed by atoms with Gasteiger partial charge in [-0.15, -0.1) is 0 Å². The molecule has 0 fully saturated rings. The van der Waals surface area contributed by atoms with Gasteiger partial charge in [0.15, 0.2) is 0 Å². The summed E-state index contributed by atoms with van der Waals surface area (Å²) in [6, 6.07) is 9.24. The Morgan fingerprint density at radius 2 is 1.85 bits per heavy atom. The maximum Gasteiger partial charge on any atom is 0.323 e. The molecular weight excluding hydrogens is 325 g/mol. The third-order valence-electron chi connectivity index (χ3n) is 2.68. The Balaban J connectivity index is 2.08. The molecule has 2 aromatic rings. The van der Waals surface area contributed by atoms with Gasteiger partial charge >= 0.3 is 6.03 Å². The first-order valence-electron chi connectivity index (χ1n) is 5.85. The van der Waals surface area contributed by atoms with Gasteiger partial charge in [0.05, 0.1) is 4.47 Å². The molecule has 2 rings (SSSR count). The first-order valence-corrected chi connectivity index (χ1v) is 6.64. The molecule has 0 aliphatic rings. The van der Waals surface area contributed by atoms with Crippen molar-refractivity contribution in [2.75, 3.05) is 16.4 Å². The van der Waals surface area contributed by atoms with E-state index in [1.54, 1.807) is 31.2 Å². The van der Waals surface area contributed by atoms with Crippen molar-refractivity contribution < 1.29 is 9.18 Å². The second-order valence-corrected chi connectivity index (χ2v) is 5.14. The number of aryl methyl sites for hydroxylation is 1. The van der Waals surface area contributed by atoms with Gasteiger partial charge in [0.2, 0.25) is 0 Å². The minimum atomic E-state index is -0.406. The second-order valence-electron chi connectivity index (χ2n) is 4.28. The number of amides is 2. The van der Waals surface area contributed by atoms with Crippen molar-refractivity contribution in [1.82, 2.24) is 0 Å². The lowest BCUT2D eigenvalue weighted by Gasteiger charge is -2.11. The average molecular weight is 338 g/mol. The summed E-state index contributed by atoms with van der Waals surface area (Å²) in [6.45, 7) is 1.72. The van der Waals surface area contributed by atoms with E-state index in [2.05, 4.69) is 26.6 Å². The third kappa shape index (κ3) is 3.48. The van der Waals surface area contributed by atoms with Gasteiger partial charge < -0.3 is 16.4 Å². The third-order valence-corrected chi connectivity index (χ3v) is 3.29. The summed E-state index contributed by atoms with van der Waals surface area (Å²) in [6.07, 6.45) is 0. The van der Waals surface area contributed by atoms with Crippen LogP contribution in [0.1, 0.15) is 5.56 Å². The topological polar surface area (TPSA) is 67.2 Å². The molecule has 20 heavy (non-hydrogen) atoms. The summed E-state index contributed by atoms with van der Waals surface area (Å²) in [4.78, 5) is 11.9. The van der Waals surface area contributed by atoms with Crippen molar-refractivity contribution in [2.24, 2.45) is 0 Å². The number of nitrogens with one attached hydrogen (secondary N) is 2. The molecule has 0 unspecified atom stereocenters. The van der Waals surface area contributed by atoms with Crippen molar-refractivity contribution >= 4 is 39.0 Å². The van der Waals surface area contributed by atoms with E-state index in [4.69, 9.17) is 5.73 Å². The predicted molar refractivity (Wildman–Crippen MR) is 82.3 cm³/mol. The average Bonchev–Trinajstić information content (AvgIpc) is 2.39. The van der Waals surface area contributed by atoms with Crippen molar-refractivity contribution in [1.29, 1.82) is 0 Å². The molecule has 0 bridgehead atoms. The predicted octanol–water partition coefficient (Wildman–Crippen LogP) is 4.12. The zero-order valence-electron chi connectivity index (χ0n) is 10.7. The minimum Gasteiger partial charge on any atom is -0.399 e. The van der Waals surface area contributed by atoms with Crippen molar-refractivity contribution in [3.05, 3.63) is 52.3 Å². The van der Waals surface area contributed by atoms with E-state index in [9.17, 15) is 9.18 Å². The standard InChI is InChI=1S/C14H13BrFN3O/c1-8-6-12(16)11(15)7-13(8)19-14(20)18-10-4-2-9(17)3-5-10/h2-7H,17H2,1H3,(H2,18,19,20). The Morgan fingerprint density at radius 3 is 2.50 bits per heavy atom. The van der Waals surface area contributed by atoms with E-state index in [-0.39, 0.29) is 5.82 Å². The van der Waals surface area contributed by atoms with Crippen molar-refractivity contribution in [3.8, 4) is 0 Å². The molecule has 0 radical (unpaired) electrons. The minimum absolute atomic E-state index is 0.297. The number of urea groups is 1. The molecule has 0 atom stereocenters. The summed E-state index contributed by atoms with van der Waals surface area (Å²) in [5, 5.41) is 5.33. The number of carbonyl (C=O) groups is 1. The first kappa shape index (κ1) is 14.3. The van der Waals surface area contributed by atoms with E-state index < -0.39 is 6.03 Å². The van der Waals surface area contributed by atoms with Gasteiger partial charge in [-0.25, -0.2) is 9.18 Å². The zero-order chi connectivity index (χ0) is 14.7. The highest BCUT2D eigenvalue weighted by molar-refractivity contribution is 9.10. The monoisotopic (exact) mass is 337 g/mol. The number of rotatable bonds is 2. The molecule has 0 aliphatic heterocycles. The maximum atomic E-state index is 13.3. The van der Waals surface area contributed by atoms with E-state index in [1.807, 2.05) is 0 Å². The SMILES string of the molecule is Cc1cc(F)c(Br)cc1NC(=O)Nc1ccc(N)cc1. The Bertz CT molecular complexity index is 644. The second kappa shape index (κ2) is 5.92. The summed E-state index contributed by atoms with van der Waals surface area (Å²) >= 11 is 3.08. The molecule has 2 amide bonds. The number of anilines is 3. The fraction of sp³-hybridized carbons (Fsp3) is 0.0714. The van der Waals surface area contributed by atoms with E-state index >= 15 is 0 Å². The maximum absolute atomic E-state index is 13.3. The smallest absolute Gasteiger partial charge is 0.323 e. The summed E-state index contributed by atoms with van der Waals surface area (Å²) < 4.78 is 13.6. The van der Waals surface area contributed by atoms with Crippen LogP contribution in [0, 0.1) is 12.7 Å². The van der Waals surface area contributed by atoms with Gasteiger partial charge in [0, 0.05) is 17.1 Å². The molecule has 0 heterocycles. The van der Waals surface area contributed by atoms with Crippen molar-refractivity contribution in [2.45, 2.75) is 6.92 Å². The fourth-order valence-corrected chi connectivity index (χ4v) is 1.98. The Kier molecular flexibility index (Phi) is 4.24. The summed E-state index contributed by atoms with van der Waals surface area (Å²) in [5.41, 5.74) is 7.97. The lowest BCUT2D eigenvalue weighted by molar-refractivity contribution is 0.262. The highest BCUT2D eigenvalue weighted by atomic mass is 79.9. The van der Waals surface area contributed by atoms with Crippen LogP contribution >= 0.6 is 15.9 Å². The Labute approximate surface area is 124 Å². The van der Waals surface area contributed by atoms with E-state index in [0.29, 0.717) is 27.1 Å². The van der Waals surface area contributed by atoms with Crippen LogP contribution in [0.5, 0.6) is 0 Å². The van der Waals surface area contributed by atoms with Gasteiger partial charge in [0.25, 0.3) is 0 Å². The molecule has 0 aromatic heterocycles. The van der Waals surface area contributed by atoms with Crippen LogP contribution in [0.3, 0.4) is 0 Å². The molecule has 104 valence electrons.